The summed E-state index contributed by atoms with van der Waals surface area (Å²) in [5.41, 5.74) is 3.02. The Morgan fingerprint density at radius 1 is 1.27 bits per heavy atom. The molecular formula is C18H17N5O3. The molecule has 26 heavy (non-hydrogen) atoms. The molecular weight excluding hydrogens is 334 g/mol. The third-order valence-corrected chi connectivity index (χ3v) is 4.37. The summed E-state index contributed by atoms with van der Waals surface area (Å²) in [7, 11) is 0. The van der Waals surface area contributed by atoms with Crippen LogP contribution in [0.4, 0.5) is 0 Å². The van der Waals surface area contributed by atoms with Crippen molar-refractivity contribution >= 4 is 17.5 Å². The fourth-order valence-electron chi connectivity index (χ4n) is 3.18. The third kappa shape index (κ3) is 2.85. The maximum absolute atomic E-state index is 12.3. The molecule has 1 aromatic carbocycles. The van der Waals surface area contributed by atoms with Crippen LogP contribution in [0.15, 0.2) is 41.2 Å². The van der Waals surface area contributed by atoms with Crippen molar-refractivity contribution in [3.63, 3.8) is 0 Å². The predicted molar refractivity (Wildman–Crippen MR) is 93.7 cm³/mol. The number of hydrogen-bond acceptors (Lipinski definition) is 4. The molecule has 0 radical (unpaired) electrons. The fourth-order valence-corrected chi connectivity index (χ4v) is 3.18. The van der Waals surface area contributed by atoms with Crippen LogP contribution in [0, 0.1) is 6.92 Å². The van der Waals surface area contributed by atoms with Crippen LogP contribution in [-0.2, 0) is 11.3 Å². The molecule has 1 aliphatic rings. The minimum absolute atomic E-state index is 0.132. The van der Waals surface area contributed by atoms with Gasteiger partial charge in [-0.1, -0.05) is 18.2 Å². The quantitative estimate of drug-likeness (QED) is 0.647. The molecule has 0 fully saturated rings. The first-order valence-electron chi connectivity index (χ1n) is 8.26. The Morgan fingerprint density at radius 2 is 2.08 bits per heavy atom. The van der Waals surface area contributed by atoms with E-state index in [1.807, 2.05) is 19.1 Å². The largest absolute Gasteiger partial charge is 0.350 e. The van der Waals surface area contributed by atoms with Crippen LogP contribution in [0.25, 0.3) is 5.65 Å². The van der Waals surface area contributed by atoms with Crippen molar-refractivity contribution in [3.05, 3.63) is 69.3 Å². The maximum atomic E-state index is 12.3. The van der Waals surface area contributed by atoms with E-state index in [1.54, 1.807) is 18.2 Å². The molecule has 0 spiro atoms. The molecule has 0 aliphatic carbocycles. The van der Waals surface area contributed by atoms with Gasteiger partial charge < -0.3 is 10.6 Å². The van der Waals surface area contributed by atoms with Gasteiger partial charge in [-0.3, -0.25) is 19.5 Å². The minimum Gasteiger partial charge on any atom is -0.350 e. The van der Waals surface area contributed by atoms with E-state index in [4.69, 9.17) is 0 Å². The summed E-state index contributed by atoms with van der Waals surface area (Å²) in [4.78, 5) is 40.6. The molecule has 0 saturated heterocycles. The number of nitrogens with zero attached hydrogens (tertiary/aromatic N) is 2. The summed E-state index contributed by atoms with van der Waals surface area (Å²) >= 11 is 0. The molecule has 3 aromatic rings. The minimum atomic E-state index is -0.341. The molecule has 8 nitrogen and oxygen atoms in total. The third-order valence-electron chi connectivity index (χ3n) is 4.37. The summed E-state index contributed by atoms with van der Waals surface area (Å²) in [6, 6.07) is 10.0. The monoisotopic (exact) mass is 351 g/mol. The Balaban J connectivity index is 1.44. The summed E-state index contributed by atoms with van der Waals surface area (Å²) < 4.78 is 1.35. The van der Waals surface area contributed by atoms with Crippen molar-refractivity contribution in [2.45, 2.75) is 25.9 Å². The number of nitrogens with one attached hydrogen (secondary N) is 3. The first kappa shape index (κ1) is 16.1. The topological polar surface area (TPSA) is 108 Å². The van der Waals surface area contributed by atoms with Crippen LogP contribution < -0.4 is 16.2 Å². The van der Waals surface area contributed by atoms with Crippen LogP contribution in [0.5, 0.6) is 0 Å². The highest BCUT2D eigenvalue weighted by atomic mass is 16.2. The lowest BCUT2D eigenvalue weighted by Crippen LogP contribution is -2.29. The van der Waals surface area contributed by atoms with Crippen LogP contribution in [0.1, 0.15) is 39.8 Å². The predicted octanol–water partition coefficient (Wildman–Crippen LogP) is 0.822. The molecule has 8 heteroatoms. The van der Waals surface area contributed by atoms with Crippen LogP contribution in [-0.4, -0.2) is 26.4 Å². The van der Waals surface area contributed by atoms with Gasteiger partial charge in [0.25, 0.3) is 11.5 Å². The fraction of sp³-hybridized carbons (Fsp3) is 0.222. The SMILES string of the molecule is Cc1cc2nc(CNC(=O)CC3NC(=O)c4ccccc43)cc(=O)n2[nH]1. The van der Waals surface area contributed by atoms with Gasteiger partial charge in [-0.2, -0.15) is 0 Å². The number of H-pyrrole nitrogens is 1. The molecule has 1 aliphatic heterocycles. The molecule has 132 valence electrons. The first-order chi connectivity index (χ1) is 12.5. The standard InChI is InChI=1S/C18H17N5O3/c1-10-6-15-20-11(7-17(25)23(15)22-10)9-19-16(24)8-14-12-4-2-3-5-13(12)18(26)21-14/h2-7,14,22H,8-9H2,1H3,(H,19,24)(H,21,26). The number of aromatic amines is 1. The normalized spacial score (nSPS) is 15.7. The van der Waals surface area contributed by atoms with Crippen molar-refractivity contribution in [2.75, 3.05) is 0 Å². The first-order valence-corrected chi connectivity index (χ1v) is 8.26. The zero-order valence-corrected chi connectivity index (χ0v) is 14.1. The number of aromatic nitrogens is 3. The molecule has 3 N–H and O–H groups in total. The number of carbonyl (C=O) groups is 2. The van der Waals surface area contributed by atoms with Crippen LogP contribution >= 0.6 is 0 Å². The summed E-state index contributed by atoms with van der Waals surface area (Å²) in [6.07, 6.45) is 0.132. The lowest BCUT2D eigenvalue weighted by molar-refractivity contribution is -0.121. The smallest absolute Gasteiger partial charge is 0.272 e. The van der Waals surface area contributed by atoms with Crippen LogP contribution in [0.2, 0.25) is 0 Å². The van der Waals surface area contributed by atoms with E-state index in [-0.39, 0.29) is 36.4 Å². The second-order valence-electron chi connectivity index (χ2n) is 6.31. The van der Waals surface area contributed by atoms with Gasteiger partial charge >= 0.3 is 0 Å². The average Bonchev–Trinajstić information content (AvgIpc) is 3.14. The number of amides is 2. The highest BCUT2D eigenvalue weighted by molar-refractivity contribution is 5.99. The van der Waals surface area contributed by atoms with Gasteiger partial charge in [-0.05, 0) is 18.6 Å². The van der Waals surface area contributed by atoms with E-state index in [0.717, 1.165) is 11.3 Å². The second kappa shape index (κ2) is 6.14. The summed E-state index contributed by atoms with van der Waals surface area (Å²) in [5, 5.41) is 8.47. The summed E-state index contributed by atoms with van der Waals surface area (Å²) in [5.74, 6) is -0.388. The molecule has 2 aromatic heterocycles. The lowest BCUT2D eigenvalue weighted by atomic mass is 10.0. The van der Waals surface area contributed by atoms with E-state index in [2.05, 4.69) is 20.7 Å². The number of carbonyl (C=O) groups excluding carboxylic acids is 2. The van der Waals surface area contributed by atoms with E-state index in [9.17, 15) is 14.4 Å². The van der Waals surface area contributed by atoms with Crippen molar-refractivity contribution in [1.29, 1.82) is 0 Å². The Bertz CT molecular complexity index is 1080. The van der Waals surface area contributed by atoms with Crippen molar-refractivity contribution < 1.29 is 9.59 Å². The van der Waals surface area contributed by atoms with Crippen molar-refractivity contribution in [2.24, 2.45) is 0 Å². The molecule has 0 saturated carbocycles. The Kier molecular flexibility index (Phi) is 3.80. The van der Waals surface area contributed by atoms with E-state index in [1.165, 1.54) is 10.6 Å². The molecule has 1 atom stereocenters. The van der Waals surface area contributed by atoms with Gasteiger partial charge in [0.1, 0.15) is 0 Å². The molecule has 3 heterocycles. The van der Waals surface area contributed by atoms with E-state index < -0.39 is 0 Å². The van der Waals surface area contributed by atoms with Gasteiger partial charge in [-0.25, -0.2) is 9.50 Å². The molecule has 4 rings (SSSR count). The van der Waals surface area contributed by atoms with Crippen LogP contribution in [0.3, 0.4) is 0 Å². The lowest BCUT2D eigenvalue weighted by Gasteiger charge is -2.11. The molecule has 2 amide bonds. The highest BCUT2D eigenvalue weighted by Crippen LogP contribution is 2.27. The molecule has 1 unspecified atom stereocenters. The second-order valence-corrected chi connectivity index (χ2v) is 6.31. The number of benzene rings is 1. The number of hydrogen-bond donors (Lipinski definition) is 3. The van der Waals surface area contributed by atoms with Gasteiger partial charge in [0.15, 0.2) is 5.65 Å². The Morgan fingerprint density at radius 3 is 2.92 bits per heavy atom. The van der Waals surface area contributed by atoms with Gasteiger partial charge in [-0.15, -0.1) is 0 Å². The Hall–Kier alpha value is -3.42. The average molecular weight is 351 g/mol. The van der Waals surface area contributed by atoms with Gasteiger partial charge in [0.2, 0.25) is 5.91 Å². The number of aryl methyl sites for hydroxylation is 1. The zero-order chi connectivity index (χ0) is 18.3. The molecule has 0 bridgehead atoms. The summed E-state index contributed by atoms with van der Waals surface area (Å²) in [6.45, 7) is 1.99. The maximum Gasteiger partial charge on any atom is 0.272 e. The number of fused-ring (bicyclic) bond motifs is 2. The highest BCUT2D eigenvalue weighted by Gasteiger charge is 2.29. The van der Waals surface area contributed by atoms with Gasteiger partial charge in [0.05, 0.1) is 24.7 Å². The zero-order valence-electron chi connectivity index (χ0n) is 14.1. The van der Waals surface area contributed by atoms with Crippen molar-refractivity contribution in [3.8, 4) is 0 Å². The van der Waals surface area contributed by atoms with Gasteiger partial charge in [0, 0.05) is 23.4 Å². The van der Waals surface area contributed by atoms with E-state index in [0.29, 0.717) is 16.9 Å². The van der Waals surface area contributed by atoms with E-state index >= 15 is 0 Å². The Labute approximate surface area is 148 Å². The number of rotatable bonds is 4. The van der Waals surface area contributed by atoms with Crippen molar-refractivity contribution in [1.82, 2.24) is 25.2 Å².